The number of nitrogens with zero attached hydrogens (tertiary/aromatic N) is 1. The smallest absolute Gasteiger partial charge is 0.408 e. The summed E-state index contributed by atoms with van der Waals surface area (Å²) in [6.07, 6.45) is 7.14. The van der Waals surface area contributed by atoms with E-state index in [-0.39, 0.29) is 23.3 Å². The van der Waals surface area contributed by atoms with Gasteiger partial charge in [0.05, 0.1) is 0 Å². The first-order valence-electron chi connectivity index (χ1n) is 11.7. The maximum atomic E-state index is 13.7. The number of phenols is 1. The molecule has 34 heavy (non-hydrogen) atoms. The predicted molar refractivity (Wildman–Crippen MR) is 132 cm³/mol. The summed E-state index contributed by atoms with van der Waals surface area (Å²) in [5.41, 5.74) is -0.567. The molecule has 3 N–H and O–H groups in total. The Balaban J connectivity index is 3.42. The Hall–Kier alpha value is -3.21. The summed E-state index contributed by atoms with van der Waals surface area (Å²) in [5, 5.41) is 16.0. The molecule has 8 nitrogen and oxygen atoms in total. The molecule has 0 aliphatic carbocycles. The Morgan fingerprint density at radius 1 is 1.15 bits per heavy atom. The molecule has 0 bridgehead atoms. The number of benzene rings is 1. The summed E-state index contributed by atoms with van der Waals surface area (Å²) >= 11 is 0. The second-order valence-electron chi connectivity index (χ2n) is 9.51. The normalized spacial score (nSPS) is 14.6. The molecule has 1 aromatic rings. The lowest BCUT2D eigenvalue weighted by atomic mass is 9.95. The maximum Gasteiger partial charge on any atom is 0.408 e. The number of nitrogens with one attached hydrogen (secondary N) is 2. The van der Waals surface area contributed by atoms with Crippen LogP contribution in [0.4, 0.5) is 4.79 Å². The van der Waals surface area contributed by atoms with Crippen LogP contribution in [0, 0.1) is 18.4 Å². The fourth-order valence-corrected chi connectivity index (χ4v) is 3.48. The van der Waals surface area contributed by atoms with E-state index in [2.05, 4.69) is 16.7 Å². The van der Waals surface area contributed by atoms with Gasteiger partial charge in [-0.25, -0.2) is 4.79 Å². The van der Waals surface area contributed by atoms with E-state index in [9.17, 15) is 19.5 Å². The van der Waals surface area contributed by atoms with Crippen molar-refractivity contribution in [3.8, 4) is 18.2 Å². The molecule has 0 saturated carbocycles. The molecule has 0 radical (unpaired) electrons. The summed E-state index contributed by atoms with van der Waals surface area (Å²) in [7, 11) is 0. The monoisotopic (exact) mass is 473 g/mol. The van der Waals surface area contributed by atoms with Gasteiger partial charge in [-0.3, -0.25) is 14.5 Å². The minimum absolute atomic E-state index is 0.161. The number of alkyl carbamates (subject to hydrolysis) is 1. The van der Waals surface area contributed by atoms with Gasteiger partial charge in [0.1, 0.15) is 17.4 Å². The average Bonchev–Trinajstić information content (AvgIpc) is 2.74. The summed E-state index contributed by atoms with van der Waals surface area (Å²) in [6.45, 7) is 12.7. The van der Waals surface area contributed by atoms with Crippen molar-refractivity contribution in [1.82, 2.24) is 15.5 Å². The number of hydrogen-bond donors (Lipinski definition) is 3. The minimum atomic E-state index is -1.29. The van der Waals surface area contributed by atoms with Gasteiger partial charge in [0.25, 0.3) is 5.91 Å². The van der Waals surface area contributed by atoms with Crippen LogP contribution < -0.4 is 10.6 Å². The first-order chi connectivity index (χ1) is 15.9. The summed E-state index contributed by atoms with van der Waals surface area (Å²) in [5.74, 6) is -1.63. The number of rotatable bonds is 10. The van der Waals surface area contributed by atoms with Crippen molar-refractivity contribution in [2.24, 2.45) is 5.92 Å². The van der Waals surface area contributed by atoms with Crippen molar-refractivity contribution >= 4 is 17.9 Å². The van der Waals surface area contributed by atoms with Crippen molar-refractivity contribution in [2.45, 2.75) is 91.5 Å². The molecule has 0 fully saturated rings. The minimum Gasteiger partial charge on any atom is -0.508 e. The highest BCUT2D eigenvalue weighted by Crippen LogP contribution is 2.30. The SMILES string of the molecule is C#CN(C(=O)C(NC(=O)OC(C)(C)C)C(C)CC)C(C(=O)NC(C)CCC)c1ccccc1O. The van der Waals surface area contributed by atoms with Crippen LogP contribution >= 0.6 is 0 Å². The molecule has 4 atom stereocenters. The Bertz CT molecular complexity index is 887. The number of carbonyl (C=O) groups excluding carboxylic acids is 3. The zero-order valence-electron chi connectivity index (χ0n) is 21.3. The number of amides is 3. The van der Waals surface area contributed by atoms with Crippen LogP contribution in [0.15, 0.2) is 24.3 Å². The highest BCUT2D eigenvalue weighted by atomic mass is 16.6. The van der Waals surface area contributed by atoms with E-state index in [1.54, 1.807) is 45.9 Å². The zero-order chi connectivity index (χ0) is 26.1. The third kappa shape index (κ3) is 8.29. The van der Waals surface area contributed by atoms with Crippen LogP contribution in [0.5, 0.6) is 5.75 Å². The second-order valence-corrected chi connectivity index (χ2v) is 9.51. The van der Waals surface area contributed by atoms with Gasteiger partial charge in [0.2, 0.25) is 5.91 Å². The van der Waals surface area contributed by atoms with Crippen LogP contribution in [-0.4, -0.2) is 45.6 Å². The number of para-hydroxylation sites is 1. The molecule has 0 aliphatic heterocycles. The molecule has 1 aromatic carbocycles. The Morgan fingerprint density at radius 2 is 1.76 bits per heavy atom. The third-order valence-corrected chi connectivity index (χ3v) is 5.38. The van der Waals surface area contributed by atoms with E-state index >= 15 is 0 Å². The van der Waals surface area contributed by atoms with Gasteiger partial charge in [-0.05, 0) is 46.1 Å². The first kappa shape index (κ1) is 28.8. The molecule has 0 saturated heterocycles. The van der Waals surface area contributed by atoms with E-state index in [0.717, 1.165) is 17.7 Å². The molecule has 3 amide bonds. The van der Waals surface area contributed by atoms with E-state index in [4.69, 9.17) is 11.2 Å². The second kappa shape index (κ2) is 12.9. The van der Waals surface area contributed by atoms with Crippen molar-refractivity contribution in [3.63, 3.8) is 0 Å². The van der Waals surface area contributed by atoms with Crippen molar-refractivity contribution in [3.05, 3.63) is 29.8 Å². The van der Waals surface area contributed by atoms with Crippen molar-refractivity contribution < 1.29 is 24.2 Å². The summed E-state index contributed by atoms with van der Waals surface area (Å²) in [4.78, 5) is 40.4. The largest absolute Gasteiger partial charge is 0.508 e. The zero-order valence-corrected chi connectivity index (χ0v) is 21.3. The molecular formula is C26H39N3O5. The number of carbonyl (C=O) groups is 3. The molecular weight excluding hydrogens is 434 g/mol. The van der Waals surface area contributed by atoms with E-state index in [1.807, 2.05) is 20.8 Å². The highest BCUT2D eigenvalue weighted by molar-refractivity contribution is 5.93. The molecule has 0 aliphatic rings. The number of ether oxygens (including phenoxy) is 1. The highest BCUT2D eigenvalue weighted by Gasteiger charge is 2.39. The molecule has 0 aromatic heterocycles. The quantitative estimate of drug-likeness (QED) is 0.350. The molecule has 0 spiro atoms. The number of phenolic OH excluding ortho intramolecular Hbond substituents is 1. The average molecular weight is 474 g/mol. The van der Waals surface area contributed by atoms with Crippen LogP contribution in [0.25, 0.3) is 0 Å². The van der Waals surface area contributed by atoms with E-state index in [1.165, 1.54) is 6.07 Å². The first-order valence-corrected chi connectivity index (χ1v) is 11.7. The van der Waals surface area contributed by atoms with Gasteiger partial charge in [0.15, 0.2) is 6.04 Å². The van der Waals surface area contributed by atoms with Gasteiger partial charge in [0, 0.05) is 17.6 Å². The maximum absolute atomic E-state index is 13.7. The fraction of sp³-hybridized carbons (Fsp3) is 0.577. The third-order valence-electron chi connectivity index (χ3n) is 5.38. The van der Waals surface area contributed by atoms with Crippen LogP contribution in [0.3, 0.4) is 0 Å². The summed E-state index contributed by atoms with van der Waals surface area (Å²) in [6, 6.07) is 6.06. The van der Waals surface area contributed by atoms with Gasteiger partial charge >= 0.3 is 6.09 Å². The van der Waals surface area contributed by atoms with Gasteiger partial charge < -0.3 is 20.5 Å². The van der Waals surface area contributed by atoms with Crippen molar-refractivity contribution in [1.29, 1.82) is 0 Å². The standard InChI is InChI=1S/C26H39N3O5/c1-9-14-18(5)27-23(31)22(19-15-12-13-16-20(19)30)29(11-3)24(32)21(17(4)10-2)28-25(33)34-26(6,7)8/h3,12-13,15-18,21-22,30H,9-10,14H2,1-2,4-8H3,(H,27,31)(H,28,33). The van der Waals surface area contributed by atoms with Crippen LogP contribution in [-0.2, 0) is 14.3 Å². The Kier molecular flexibility index (Phi) is 10.9. The van der Waals surface area contributed by atoms with Gasteiger partial charge in [-0.2, -0.15) is 0 Å². The molecule has 1 rings (SSSR count). The van der Waals surface area contributed by atoms with Crippen LogP contribution in [0.2, 0.25) is 0 Å². The van der Waals surface area contributed by atoms with Gasteiger partial charge in [-0.1, -0.05) is 58.2 Å². The van der Waals surface area contributed by atoms with Gasteiger partial charge in [-0.15, -0.1) is 0 Å². The van der Waals surface area contributed by atoms with Crippen LogP contribution in [0.1, 0.15) is 79.3 Å². The van der Waals surface area contributed by atoms with Crippen molar-refractivity contribution in [2.75, 3.05) is 0 Å². The lowest BCUT2D eigenvalue weighted by Crippen LogP contribution is -2.54. The lowest BCUT2D eigenvalue weighted by molar-refractivity contribution is -0.139. The molecule has 188 valence electrons. The fourth-order valence-electron chi connectivity index (χ4n) is 3.48. The van der Waals surface area contributed by atoms with E-state index < -0.39 is 35.6 Å². The Morgan fingerprint density at radius 3 is 2.26 bits per heavy atom. The number of terminal acetylenes is 1. The molecule has 0 heterocycles. The molecule has 8 heteroatoms. The Labute approximate surface area is 203 Å². The topological polar surface area (TPSA) is 108 Å². The lowest BCUT2D eigenvalue weighted by Gasteiger charge is -2.33. The van der Waals surface area contributed by atoms with E-state index in [0.29, 0.717) is 6.42 Å². The summed E-state index contributed by atoms with van der Waals surface area (Å²) < 4.78 is 5.33. The predicted octanol–water partition coefficient (Wildman–Crippen LogP) is 4.10. The number of hydrogen-bond acceptors (Lipinski definition) is 5. The number of aromatic hydroxyl groups is 1. The molecule has 4 unspecified atom stereocenters.